The Labute approximate surface area is 137 Å². The van der Waals surface area contributed by atoms with Gasteiger partial charge in [-0.3, -0.25) is 0 Å². The number of benzene rings is 2. The zero-order chi connectivity index (χ0) is 16.2. The summed E-state index contributed by atoms with van der Waals surface area (Å²) in [4.78, 5) is 0. The minimum Gasteiger partial charge on any atom is -0.508 e. The van der Waals surface area contributed by atoms with Crippen LogP contribution in [0.4, 0.5) is 4.39 Å². The van der Waals surface area contributed by atoms with Gasteiger partial charge in [0.15, 0.2) is 0 Å². The largest absolute Gasteiger partial charge is 0.508 e. The molecule has 2 atom stereocenters. The van der Waals surface area contributed by atoms with Crippen LogP contribution in [0, 0.1) is 5.82 Å². The van der Waals surface area contributed by atoms with Crippen LogP contribution in [0.1, 0.15) is 47.8 Å². The van der Waals surface area contributed by atoms with Crippen molar-refractivity contribution in [3.63, 3.8) is 0 Å². The summed E-state index contributed by atoms with van der Waals surface area (Å²) in [6.45, 7) is 0.884. The predicted octanol–water partition coefficient (Wildman–Crippen LogP) is 4.34. The first-order chi connectivity index (χ1) is 11.2. The van der Waals surface area contributed by atoms with Crippen molar-refractivity contribution in [2.45, 2.75) is 37.5 Å². The number of likely N-dealkylation sites (N-methyl/N-ethyl adjacent to an activating group) is 1. The first-order valence-electron chi connectivity index (χ1n) is 8.39. The predicted molar refractivity (Wildman–Crippen MR) is 91.5 cm³/mol. The molecule has 0 saturated heterocycles. The van der Waals surface area contributed by atoms with Crippen LogP contribution in [0.5, 0.6) is 5.75 Å². The van der Waals surface area contributed by atoms with Crippen LogP contribution < -0.4 is 5.32 Å². The minimum absolute atomic E-state index is 0.185. The smallest absolute Gasteiger partial charge is 0.123 e. The Kier molecular flexibility index (Phi) is 4.97. The molecule has 3 rings (SSSR count). The maximum absolute atomic E-state index is 13.2. The maximum Gasteiger partial charge on any atom is 0.123 e. The van der Waals surface area contributed by atoms with Gasteiger partial charge in [-0.1, -0.05) is 18.2 Å². The fourth-order valence-corrected chi connectivity index (χ4v) is 3.81. The van der Waals surface area contributed by atoms with Crippen LogP contribution >= 0.6 is 0 Å². The normalized spacial score (nSPS) is 18.4. The third kappa shape index (κ3) is 3.73. The Morgan fingerprint density at radius 2 is 2.00 bits per heavy atom. The molecule has 2 N–H and O–H groups in total. The molecule has 23 heavy (non-hydrogen) atoms. The lowest BCUT2D eigenvalue weighted by molar-refractivity contribution is 0.451. The fraction of sp³-hybridized carbons (Fsp3) is 0.400. The van der Waals surface area contributed by atoms with E-state index in [-0.39, 0.29) is 5.82 Å². The van der Waals surface area contributed by atoms with Crippen LogP contribution in [0.3, 0.4) is 0 Å². The SMILES string of the molecule is CNCC(CC1CCCc2cc(O)ccc21)c1ccc(F)cc1. The van der Waals surface area contributed by atoms with E-state index < -0.39 is 0 Å². The summed E-state index contributed by atoms with van der Waals surface area (Å²) in [7, 11) is 1.96. The molecular weight excluding hydrogens is 289 g/mol. The van der Waals surface area contributed by atoms with Gasteiger partial charge < -0.3 is 10.4 Å². The quantitative estimate of drug-likeness (QED) is 0.860. The number of rotatable bonds is 5. The molecule has 122 valence electrons. The minimum atomic E-state index is -0.185. The van der Waals surface area contributed by atoms with Gasteiger partial charge in [0.2, 0.25) is 0 Å². The molecule has 0 saturated carbocycles. The molecule has 2 aromatic rings. The second kappa shape index (κ2) is 7.14. The van der Waals surface area contributed by atoms with E-state index in [1.165, 1.54) is 23.1 Å². The molecule has 0 heterocycles. The van der Waals surface area contributed by atoms with Gasteiger partial charge in [-0.05, 0) is 85.5 Å². The first-order valence-corrected chi connectivity index (χ1v) is 8.39. The molecular formula is C20H24FNO. The third-order valence-corrected chi connectivity index (χ3v) is 4.93. The van der Waals surface area contributed by atoms with Gasteiger partial charge in [-0.2, -0.15) is 0 Å². The molecule has 2 nitrogen and oxygen atoms in total. The van der Waals surface area contributed by atoms with Crippen molar-refractivity contribution in [2.24, 2.45) is 0 Å². The molecule has 0 amide bonds. The van der Waals surface area contributed by atoms with Crippen molar-refractivity contribution in [3.05, 3.63) is 65.0 Å². The van der Waals surface area contributed by atoms with Gasteiger partial charge in [-0.25, -0.2) is 4.39 Å². The summed E-state index contributed by atoms with van der Waals surface area (Å²) in [5, 5.41) is 13.0. The Bertz CT molecular complexity index is 653. The summed E-state index contributed by atoms with van der Waals surface area (Å²) >= 11 is 0. The molecule has 0 aliphatic heterocycles. The van der Waals surface area contributed by atoms with Crippen molar-refractivity contribution < 1.29 is 9.50 Å². The number of aryl methyl sites for hydroxylation is 1. The van der Waals surface area contributed by atoms with Crippen LogP contribution in [0.2, 0.25) is 0 Å². The molecule has 2 aromatic carbocycles. The van der Waals surface area contributed by atoms with Crippen LogP contribution in [-0.4, -0.2) is 18.7 Å². The number of halogens is 1. The van der Waals surface area contributed by atoms with Gasteiger partial charge in [0.25, 0.3) is 0 Å². The molecule has 0 spiro atoms. The standard InChI is InChI=1S/C20H24FNO/c1-22-13-17(14-5-7-18(21)8-6-14)11-15-3-2-4-16-12-19(23)9-10-20(15)16/h5-10,12,15,17,22-23H,2-4,11,13H2,1H3. The summed E-state index contributed by atoms with van der Waals surface area (Å²) in [5.41, 5.74) is 3.84. The van der Waals surface area contributed by atoms with Gasteiger partial charge >= 0.3 is 0 Å². The van der Waals surface area contributed by atoms with E-state index in [2.05, 4.69) is 11.4 Å². The average molecular weight is 313 g/mol. The van der Waals surface area contributed by atoms with Crippen LogP contribution in [-0.2, 0) is 6.42 Å². The summed E-state index contributed by atoms with van der Waals surface area (Å²) in [5.74, 6) is 1.04. The molecule has 0 aromatic heterocycles. The second-order valence-corrected chi connectivity index (χ2v) is 6.51. The van der Waals surface area contributed by atoms with Crippen LogP contribution in [0.15, 0.2) is 42.5 Å². The number of nitrogens with one attached hydrogen (secondary N) is 1. The Morgan fingerprint density at radius 1 is 1.22 bits per heavy atom. The fourth-order valence-electron chi connectivity index (χ4n) is 3.81. The zero-order valence-electron chi connectivity index (χ0n) is 13.6. The van der Waals surface area contributed by atoms with E-state index in [9.17, 15) is 9.50 Å². The van der Waals surface area contributed by atoms with Crippen LogP contribution in [0.25, 0.3) is 0 Å². The number of hydrogen-bond donors (Lipinski definition) is 2. The highest BCUT2D eigenvalue weighted by molar-refractivity contribution is 5.39. The van der Waals surface area contributed by atoms with Crippen molar-refractivity contribution in [2.75, 3.05) is 13.6 Å². The molecule has 1 aliphatic rings. The lowest BCUT2D eigenvalue weighted by Crippen LogP contribution is -2.21. The number of hydrogen-bond acceptors (Lipinski definition) is 2. The zero-order valence-corrected chi connectivity index (χ0v) is 13.6. The lowest BCUT2D eigenvalue weighted by atomic mass is 9.76. The number of phenolic OH excluding ortho intramolecular Hbond substituents is 1. The second-order valence-electron chi connectivity index (χ2n) is 6.51. The lowest BCUT2D eigenvalue weighted by Gasteiger charge is -2.29. The maximum atomic E-state index is 13.2. The molecule has 0 fully saturated rings. The summed E-state index contributed by atoms with van der Waals surface area (Å²) < 4.78 is 13.2. The van der Waals surface area contributed by atoms with E-state index in [0.29, 0.717) is 17.6 Å². The molecule has 1 aliphatic carbocycles. The van der Waals surface area contributed by atoms with Crippen molar-refractivity contribution in [1.82, 2.24) is 5.32 Å². The Morgan fingerprint density at radius 3 is 2.74 bits per heavy atom. The number of phenols is 1. The van der Waals surface area contributed by atoms with Crippen molar-refractivity contribution in [3.8, 4) is 5.75 Å². The van der Waals surface area contributed by atoms with Crippen molar-refractivity contribution in [1.29, 1.82) is 0 Å². The highest BCUT2D eigenvalue weighted by Gasteiger charge is 2.24. The van der Waals surface area contributed by atoms with E-state index in [4.69, 9.17) is 0 Å². The van der Waals surface area contributed by atoms with Crippen molar-refractivity contribution >= 4 is 0 Å². The van der Waals surface area contributed by atoms with E-state index >= 15 is 0 Å². The summed E-state index contributed by atoms with van der Waals surface area (Å²) in [6, 6.07) is 12.7. The van der Waals surface area contributed by atoms with Gasteiger partial charge in [0.1, 0.15) is 11.6 Å². The molecule has 2 unspecified atom stereocenters. The highest BCUT2D eigenvalue weighted by Crippen LogP contribution is 2.39. The molecule has 0 radical (unpaired) electrons. The van der Waals surface area contributed by atoms with E-state index in [0.717, 1.165) is 25.8 Å². The average Bonchev–Trinajstić information content (AvgIpc) is 2.55. The molecule has 0 bridgehead atoms. The monoisotopic (exact) mass is 313 g/mol. The Balaban J connectivity index is 1.82. The summed E-state index contributed by atoms with van der Waals surface area (Å²) in [6.07, 6.45) is 4.44. The van der Waals surface area contributed by atoms with E-state index in [1.807, 2.05) is 25.2 Å². The van der Waals surface area contributed by atoms with E-state index in [1.54, 1.807) is 18.2 Å². The van der Waals surface area contributed by atoms with Gasteiger partial charge in [-0.15, -0.1) is 0 Å². The van der Waals surface area contributed by atoms with Gasteiger partial charge in [0.05, 0.1) is 0 Å². The third-order valence-electron chi connectivity index (χ3n) is 4.93. The Hall–Kier alpha value is -1.87. The first kappa shape index (κ1) is 16.0. The van der Waals surface area contributed by atoms with Gasteiger partial charge in [0, 0.05) is 6.54 Å². The number of aromatic hydroxyl groups is 1. The topological polar surface area (TPSA) is 32.3 Å². The highest BCUT2D eigenvalue weighted by atomic mass is 19.1. The molecule has 3 heteroatoms. The number of fused-ring (bicyclic) bond motifs is 1.